The molecule has 0 aromatic carbocycles. The largest absolute Gasteiger partial charge is 0.239 e. The predicted molar refractivity (Wildman–Crippen MR) is 78.6 cm³/mol. The molecule has 0 N–H and O–H groups in total. The molecule has 0 unspecified atom stereocenters. The maximum Gasteiger partial charge on any atom is 0.146 e. The first-order valence-electron chi connectivity index (χ1n) is 6.63. The number of hydrogen-bond acceptors (Lipinski definition) is 0. The molecule has 2 heteroatoms. The molecule has 0 amide bonds. The zero-order valence-corrected chi connectivity index (χ0v) is 13.0. The van der Waals surface area contributed by atoms with Gasteiger partial charge in [0.1, 0.15) is 19.3 Å². The molecular weight excluding hydrogens is 210 g/mol. The summed E-state index contributed by atoms with van der Waals surface area (Å²) in [5.74, 6) is 0. The predicted octanol–water partition coefficient (Wildman–Crippen LogP) is 4.17. The molecule has 0 aliphatic heterocycles. The van der Waals surface area contributed by atoms with Crippen LogP contribution in [0.3, 0.4) is 0 Å². The van der Waals surface area contributed by atoms with Gasteiger partial charge in [0, 0.05) is 27.3 Å². The van der Waals surface area contributed by atoms with E-state index in [1.165, 1.54) is 31.0 Å². The molecule has 0 saturated heterocycles. The number of hydrogen-bond donors (Lipinski definition) is 0. The smallest absolute Gasteiger partial charge is 0.146 e. The Kier molecular flexibility index (Phi) is 7.65. The monoisotopic (exact) mass is 240 g/mol. The van der Waals surface area contributed by atoms with E-state index in [4.69, 9.17) is 0 Å². The minimum atomic E-state index is -0.958. The van der Waals surface area contributed by atoms with Crippen LogP contribution in [0.15, 0.2) is 12.2 Å². The molecule has 0 heterocycles. The first kappa shape index (κ1) is 15.6. The zero-order valence-electron chi connectivity index (χ0n) is 12.0. The van der Waals surface area contributed by atoms with Gasteiger partial charge in [0.15, 0.2) is 0 Å². The van der Waals surface area contributed by atoms with Crippen molar-refractivity contribution in [2.75, 3.05) is 13.1 Å². The highest BCUT2D eigenvalue weighted by atomic mass is 28.3. The summed E-state index contributed by atoms with van der Waals surface area (Å²) in [6.07, 6.45) is 5.86. The lowest BCUT2D eigenvalue weighted by molar-refractivity contribution is -0.523. The molecule has 0 radical (unpaired) electrons. The van der Waals surface area contributed by atoms with Crippen molar-refractivity contribution < 1.29 is 4.58 Å². The fraction of sp³-hybridized carbons (Fsp3) is 0.786. The van der Waals surface area contributed by atoms with Crippen molar-refractivity contribution in [3.8, 4) is 0 Å². The molecule has 0 bridgehead atoms. The van der Waals surface area contributed by atoms with E-state index in [0.29, 0.717) is 0 Å². The lowest BCUT2D eigenvalue weighted by atomic mass is 10.2. The van der Waals surface area contributed by atoms with Crippen molar-refractivity contribution in [1.29, 1.82) is 0 Å². The average Bonchev–Trinajstić information content (AvgIpc) is 2.12. The van der Waals surface area contributed by atoms with Crippen LogP contribution in [-0.2, 0) is 0 Å². The van der Waals surface area contributed by atoms with Gasteiger partial charge in [-0.3, -0.25) is 0 Å². The van der Waals surface area contributed by atoms with Crippen LogP contribution >= 0.6 is 0 Å². The Morgan fingerprint density at radius 1 is 1.19 bits per heavy atom. The molecule has 1 nitrogen and oxygen atoms in total. The van der Waals surface area contributed by atoms with E-state index in [2.05, 4.69) is 50.9 Å². The number of nitrogens with zero attached hydrogens (tertiary/aromatic N) is 1. The topological polar surface area (TPSA) is 3.01 Å². The van der Waals surface area contributed by atoms with Crippen LogP contribution in [0, 0.1) is 0 Å². The number of rotatable bonds is 8. The Hall–Kier alpha value is -0.373. The van der Waals surface area contributed by atoms with E-state index in [0.717, 1.165) is 13.0 Å². The first-order valence-corrected chi connectivity index (χ1v) is 10.3. The fourth-order valence-electron chi connectivity index (χ4n) is 1.98. The summed E-state index contributed by atoms with van der Waals surface area (Å²) in [4.78, 5) is 0. The summed E-state index contributed by atoms with van der Waals surface area (Å²) >= 11 is 0. The normalized spacial score (nSPS) is 12.9. The summed E-state index contributed by atoms with van der Waals surface area (Å²) in [6.45, 7) is 18.3. The summed E-state index contributed by atoms with van der Waals surface area (Å²) in [5, 5.41) is 0. The van der Waals surface area contributed by atoms with Gasteiger partial charge in [-0.1, -0.05) is 45.6 Å². The second kappa shape index (κ2) is 7.83. The van der Waals surface area contributed by atoms with E-state index in [9.17, 15) is 0 Å². The molecule has 0 aliphatic carbocycles. The third-order valence-corrected chi connectivity index (χ3v) is 4.05. The van der Waals surface area contributed by atoms with Crippen LogP contribution in [-0.4, -0.2) is 32.0 Å². The Labute approximate surface area is 103 Å². The molecular formula is C14H30NSi+. The van der Waals surface area contributed by atoms with Gasteiger partial charge in [-0.05, 0) is 6.04 Å². The minimum absolute atomic E-state index is 0.958. The van der Waals surface area contributed by atoms with E-state index in [-0.39, 0.29) is 0 Å². The third-order valence-electron chi connectivity index (χ3n) is 2.48. The van der Waals surface area contributed by atoms with Crippen molar-refractivity contribution >= 4 is 14.3 Å². The van der Waals surface area contributed by atoms with Crippen LogP contribution in [0.5, 0.6) is 0 Å². The highest BCUT2D eigenvalue weighted by Gasteiger charge is 2.15. The van der Waals surface area contributed by atoms with Crippen molar-refractivity contribution in [3.63, 3.8) is 0 Å². The van der Waals surface area contributed by atoms with Crippen LogP contribution in [0.25, 0.3) is 0 Å². The molecule has 94 valence electrons. The van der Waals surface area contributed by atoms with Crippen molar-refractivity contribution in [2.45, 2.75) is 58.8 Å². The van der Waals surface area contributed by atoms with Crippen LogP contribution in [0.1, 0.15) is 33.1 Å². The summed E-state index contributed by atoms with van der Waals surface area (Å²) in [6, 6.07) is 1.28. The van der Waals surface area contributed by atoms with Crippen LogP contribution < -0.4 is 0 Å². The quantitative estimate of drug-likeness (QED) is 0.259. The maximum atomic E-state index is 4.23. The van der Waals surface area contributed by atoms with Gasteiger partial charge < -0.3 is 0 Å². The van der Waals surface area contributed by atoms with E-state index in [1.807, 2.05) is 0 Å². The molecule has 0 aliphatic rings. The van der Waals surface area contributed by atoms with Crippen LogP contribution in [0.4, 0.5) is 0 Å². The summed E-state index contributed by atoms with van der Waals surface area (Å²) < 4.78 is 2.45. The Morgan fingerprint density at radius 2 is 1.81 bits per heavy atom. The van der Waals surface area contributed by atoms with Crippen molar-refractivity contribution in [3.05, 3.63) is 12.2 Å². The summed E-state index contributed by atoms with van der Waals surface area (Å²) in [5.41, 5.74) is 1.45. The highest BCUT2D eigenvalue weighted by Crippen LogP contribution is 2.17. The van der Waals surface area contributed by atoms with Crippen molar-refractivity contribution in [1.82, 2.24) is 0 Å². The molecule has 0 saturated carbocycles. The minimum Gasteiger partial charge on any atom is -0.239 e. The Morgan fingerprint density at radius 3 is 2.25 bits per heavy atom. The van der Waals surface area contributed by atoms with Gasteiger partial charge in [0.2, 0.25) is 0 Å². The van der Waals surface area contributed by atoms with Crippen molar-refractivity contribution in [2.24, 2.45) is 0 Å². The lowest BCUT2D eigenvalue weighted by Crippen LogP contribution is -2.21. The highest BCUT2D eigenvalue weighted by molar-refractivity contribution is 6.76. The average molecular weight is 240 g/mol. The molecule has 0 fully saturated rings. The first-order chi connectivity index (χ1) is 7.39. The van der Waals surface area contributed by atoms with Gasteiger partial charge in [-0.2, -0.15) is 0 Å². The Balaban J connectivity index is 4.02. The van der Waals surface area contributed by atoms with Gasteiger partial charge in [0.05, 0.1) is 0 Å². The van der Waals surface area contributed by atoms with E-state index < -0.39 is 8.07 Å². The molecule has 0 aromatic heterocycles. The molecule has 0 spiro atoms. The summed E-state index contributed by atoms with van der Waals surface area (Å²) in [7, 11) is -0.958. The molecule has 0 rings (SSSR count). The van der Waals surface area contributed by atoms with Gasteiger partial charge >= 0.3 is 0 Å². The molecule has 16 heavy (non-hydrogen) atoms. The third kappa shape index (κ3) is 8.90. The zero-order chi connectivity index (χ0) is 12.6. The SMILES string of the molecule is C=C(CC[N+](=CCC)CCC)C[Si](C)(C)C. The fourth-order valence-corrected chi connectivity index (χ4v) is 3.66. The second-order valence-electron chi connectivity index (χ2n) is 5.86. The Bertz CT molecular complexity index is 236. The van der Waals surface area contributed by atoms with Crippen LogP contribution in [0.2, 0.25) is 25.7 Å². The van der Waals surface area contributed by atoms with E-state index >= 15 is 0 Å². The second-order valence-corrected chi connectivity index (χ2v) is 11.3. The van der Waals surface area contributed by atoms with Gasteiger partial charge in [-0.15, -0.1) is 0 Å². The maximum absolute atomic E-state index is 4.23. The molecule has 0 aromatic rings. The lowest BCUT2D eigenvalue weighted by Gasteiger charge is -2.17. The van der Waals surface area contributed by atoms with Gasteiger partial charge in [0.25, 0.3) is 0 Å². The van der Waals surface area contributed by atoms with E-state index in [1.54, 1.807) is 0 Å². The standard InChI is InChI=1S/C14H30NSi/c1-7-10-15(11-8-2)12-9-14(3)13-16(4,5)6/h10H,3,7-9,11-13H2,1-2,4-6H3/q+1. The molecule has 0 atom stereocenters. The van der Waals surface area contributed by atoms with Gasteiger partial charge in [-0.25, -0.2) is 4.58 Å².